The van der Waals surface area contributed by atoms with Gasteiger partial charge in [-0.25, -0.2) is 9.59 Å². The van der Waals surface area contributed by atoms with Crippen LogP contribution in [0.3, 0.4) is 0 Å². The Labute approximate surface area is 169 Å². The van der Waals surface area contributed by atoms with Gasteiger partial charge in [-0.2, -0.15) is 0 Å². The average Bonchev–Trinajstić information content (AvgIpc) is 2.76. The van der Waals surface area contributed by atoms with E-state index in [0.717, 1.165) is 43.6 Å². The van der Waals surface area contributed by atoms with Crippen LogP contribution in [0, 0.1) is 5.92 Å². The summed E-state index contributed by atoms with van der Waals surface area (Å²) in [7, 11) is 0. The minimum Gasteiger partial charge on any atom is -0.478 e. The van der Waals surface area contributed by atoms with E-state index in [9.17, 15) is 9.59 Å². The lowest BCUT2D eigenvalue weighted by Gasteiger charge is -2.44. The van der Waals surface area contributed by atoms with E-state index in [0.29, 0.717) is 12.5 Å². The maximum atomic E-state index is 13.0. The molecule has 1 unspecified atom stereocenters. The number of ether oxygens (including phenoxy) is 1. The topological polar surface area (TPSA) is 91.8 Å². The zero-order chi connectivity index (χ0) is 20.2. The van der Waals surface area contributed by atoms with Crippen LogP contribution < -0.4 is 5.32 Å². The number of fused-ring (bicyclic) bond motifs is 3. The summed E-state index contributed by atoms with van der Waals surface area (Å²) in [5.74, 6) is -0.806. The maximum Gasteiger partial charge on any atom is 0.335 e. The third-order valence-electron chi connectivity index (χ3n) is 5.83. The van der Waals surface area contributed by atoms with Gasteiger partial charge < -0.3 is 9.84 Å². The van der Waals surface area contributed by atoms with Crippen LogP contribution >= 0.6 is 0 Å². The first kappa shape index (κ1) is 19.5. The predicted molar refractivity (Wildman–Crippen MR) is 106 cm³/mol. The first-order chi connectivity index (χ1) is 14.1. The van der Waals surface area contributed by atoms with Gasteiger partial charge in [0.15, 0.2) is 0 Å². The zero-order valence-electron chi connectivity index (χ0n) is 16.2. The molecule has 1 aromatic carbocycles. The Morgan fingerprint density at radius 2 is 1.97 bits per heavy atom. The Balaban J connectivity index is 1.45. The molecule has 1 aromatic heterocycles. The van der Waals surface area contributed by atoms with E-state index in [-0.39, 0.29) is 17.6 Å². The second-order valence-electron chi connectivity index (χ2n) is 7.72. The molecule has 29 heavy (non-hydrogen) atoms. The number of aromatic carboxylic acids is 1. The lowest BCUT2D eigenvalue weighted by atomic mass is 9.86. The van der Waals surface area contributed by atoms with Gasteiger partial charge in [-0.1, -0.05) is 18.2 Å². The summed E-state index contributed by atoms with van der Waals surface area (Å²) in [4.78, 5) is 30.5. The van der Waals surface area contributed by atoms with Crippen molar-refractivity contribution < 1.29 is 19.4 Å². The number of piperidine rings is 3. The quantitative estimate of drug-likeness (QED) is 0.695. The number of carboxylic acids is 1. The molecule has 3 aliphatic rings. The van der Waals surface area contributed by atoms with Crippen molar-refractivity contribution in [1.82, 2.24) is 15.2 Å². The number of esters is 1. The van der Waals surface area contributed by atoms with Crippen LogP contribution in [-0.4, -0.2) is 52.7 Å². The van der Waals surface area contributed by atoms with Crippen LogP contribution in [0.4, 0.5) is 0 Å². The third kappa shape index (κ3) is 4.63. The Bertz CT molecular complexity index is 848. The summed E-state index contributed by atoms with van der Waals surface area (Å²) >= 11 is 0. The highest BCUT2D eigenvalue weighted by Crippen LogP contribution is 2.30. The molecular formula is C22H25N3O4. The van der Waals surface area contributed by atoms with Crippen LogP contribution in [0.1, 0.15) is 40.4 Å². The molecule has 4 heterocycles. The van der Waals surface area contributed by atoms with Gasteiger partial charge in [-0.3, -0.25) is 15.2 Å². The molecule has 5 rings (SSSR count). The lowest BCUT2D eigenvalue weighted by molar-refractivity contribution is -0.161. The van der Waals surface area contributed by atoms with E-state index in [1.165, 1.54) is 0 Å². The SMILES string of the molecule is O=C(O)c1ccc(CNC(C(=O)O[C@H]2CN3CCC2CC3)c2cccnc2)cc1. The standard InChI is InChI=1S/C22H25N3O4/c26-21(27)17-5-3-15(4-6-17)12-24-20(18-2-1-9-23-13-18)22(28)29-19-14-25-10-7-16(19)8-11-25/h1-6,9,13,16,19-20,24H,7-8,10-12,14H2,(H,26,27)/t19-,20?/m0/s1. The highest BCUT2D eigenvalue weighted by Gasteiger charge is 2.37. The highest BCUT2D eigenvalue weighted by molar-refractivity contribution is 5.87. The minimum absolute atomic E-state index is 0.0548. The van der Waals surface area contributed by atoms with Crippen molar-refractivity contribution in [3.63, 3.8) is 0 Å². The second kappa shape index (κ2) is 8.71. The molecule has 0 spiro atoms. The molecular weight excluding hydrogens is 370 g/mol. The number of nitrogens with one attached hydrogen (secondary N) is 1. The molecule has 152 valence electrons. The van der Waals surface area contributed by atoms with Crippen molar-refractivity contribution in [3.8, 4) is 0 Å². The number of carbonyl (C=O) groups is 2. The van der Waals surface area contributed by atoms with Gasteiger partial charge in [-0.05, 0) is 61.2 Å². The Kier molecular flexibility index (Phi) is 5.87. The van der Waals surface area contributed by atoms with Gasteiger partial charge in [0.1, 0.15) is 12.1 Å². The van der Waals surface area contributed by atoms with Crippen LogP contribution in [0.15, 0.2) is 48.8 Å². The lowest BCUT2D eigenvalue weighted by Crippen LogP contribution is -2.52. The van der Waals surface area contributed by atoms with E-state index in [2.05, 4.69) is 15.2 Å². The molecule has 0 amide bonds. The maximum absolute atomic E-state index is 13.0. The molecule has 0 saturated carbocycles. The predicted octanol–water partition coefficient (Wildman–Crippen LogP) is 2.25. The van der Waals surface area contributed by atoms with Crippen LogP contribution in [-0.2, 0) is 16.1 Å². The number of hydrogen-bond donors (Lipinski definition) is 2. The second-order valence-corrected chi connectivity index (χ2v) is 7.72. The van der Waals surface area contributed by atoms with Crippen molar-refractivity contribution in [2.75, 3.05) is 19.6 Å². The van der Waals surface area contributed by atoms with Gasteiger partial charge in [-0.15, -0.1) is 0 Å². The van der Waals surface area contributed by atoms with Crippen molar-refractivity contribution >= 4 is 11.9 Å². The Morgan fingerprint density at radius 1 is 1.21 bits per heavy atom. The van der Waals surface area contributed by atoms with E-state index >= 15 is 0 Å². The molecule has 2 atom stereocenters. The van der Waals surface area contributed by atoms with Gasteiger partial charge in [0, 0.05) is 25.5 Å². The molecule has 2 aromatic rings. The summed E-state index contributed by atoms with van der Waals surface area (Å²) in [6.45, 7) is 3.41. The Morgan fingerprint density at radius 3 is 2.55 bits per heavy atom. The summed E-state index contributed by atoms with van der Waals surface area (Å²) in [5.41, 5.74) is 1.87. The van der Waals surface area contributed by atoms with Crippen LogP contribution in [0.2, 0.25) is 0 Å². The number of carboxylic acid groups (broad SMARTS) is 1. The van der Waals surface area contributed by atoms with E-state index < -0.39 is 12.0 Å². The number of hydrogen-bond acceptors (Lipinski definition) is 6. The molecule has 0 radical (unpaired) electrons. The van der Waals surface area contributed by atoms with Crippen LogP contribution in [0.25, 0.3) is 0 Å². The summed E-state index contributed by atoms with van der Waals surface area (Å²) in [6.07, 6.45) is 5.45. The molecule has 3 aliphatic heterocycles. The summed E-state index contributed by atoms with van der Waals surface area (Å²) in [5, 5.41) is 12.3. The number of pyridine rings is 1. The smallest absolute Gasteiger partial charge is 0.335 e. The molecule has 3 fully saturated rings. The summed E-state index contributed by atoms with van der Waals surface area (Å²) in [6, 6.07) is 9.64. The van der Waals surface area contributed by atoms with E-state index in [1.807, 2.05) is 6.07 Å². The molecule has 0 aliphatic carbocycles. The van der Waals surface area contributed by atoms with Crippen molar-refractivity contribution in [1.29, 1.82) is 0 Å². The zero-order valence-corrected chi connectivity index (χ0v) is 16.2. The average molecular weight is 395 g/mol. The van der Waals surface area contributed by atoms with Crippen molar-refractivity contribution in [2.24, 2.45) is 5.92 Å². The minimum atomic E-state index is -0.959. The monoisotopic (exact) mass is 395 g/mol. The fourth-order valence-corrected chi connectivity index (χ4v) is 4.13. The first-order valence-electron chi connectivity index (χ1n) is 9.98. The van der Waals surface area contributed by atoms with Crippen molar-refractivity contribution in [2.45, 2.75) is 31.5 Å². The largest absolute Gasteiger partial charge is 0.478 e. The molecule has 3 saturated heterocycles. The Hall–Kier alpha value is -2.77. The summed E-state index contributed by atoms with van der Waals surface area (Å²) < 4.78 is 5.93. The molecule has 2 N–H and O–H groups in total. The normalized spacial score (nSPS) is 24.1. The first-order valence-corrected chi connectivity index (χ1v) is 9.98. The molecule has 2 bridgehead atoms. The fraction of sp³-hybridized carbons (Fsp3) is 0.409. The van der Waals surface area contributed by atoms with E-state index in [1.54, 1.807) is 42.7 Å². The van der Waals surface area contributed by atoms with Gasteiger partial charge >= 0.3 is 11.9 Å². The molecule has 7 heteroatoms. The number of aromatic nitrogens is 1. The number of nitrogens with zero attached hydrogens (tertiary/aromatic N) is 2. The van der Waals surface area contributed by atoms with Gasteiger partial charge in [0.05, 0.1) is 5.56 Å². The van der Waals surface area contributed by atoms with Gasteiger partial charge in [0.25, 0.3) is 0 Å². The highest BCUT2D eigenvalue weighted by atomic mass is 16.5. The number of rotatable bonds is 7. The van der Waals surface area contributed by atoms with Crippen molar-refractivity contribution in [3.05, 3.63) is 65.5 Å². The third-order valence-corrected chi connectivity index (χ3v) is 5.83. The number of benzene rings is 1. The van der Waals surface area contributed by atoms with Crippen LogP contribution in [0.5, 0.6) is 0 Å². The number of carbonyl (C=O) groups excluding carboxylic acids is 1. The van der Waals surface area contributed by atoms with Gasteiger partial charge in [0.2, 0.25) is 0 Å². The fourth-order valence-electron chi connectivity index (χ4n) is 4.13. The molecule has 7 nitrogen and oxygen atoms in total. The van der Waals surface area contributed by atoms with E-state index in [4.69, 9.17) is 9.84 Å².